The highest BCUT2D eigenvalue weighted by Gasteiger charge is 2.36. The van der Waals surface area contributed by atoms with Gasteiger partial charge in [0.15, 0.2) is 0 Å². The van der Waals surface area contributed by atoms with Gasteiger partial charge in [0.1, 0.15) is 0 Å². The number of nitro groups is 1. The van der Waals surface area contributed by atoms with Crippen molar-refractivity contribution in [2.24, 2.45) is 0 Å². The normalized spacial score (nSPS) is 18.3. The van der Waals surface area contributed by atoms with Gasteiger partial charge in [-0.25, -0.2) is 8.42 Å². The van der Waals surface area contributed by atoms with E-state index in [0.717, 1.165) is 0 Å². The summed E-state index contributed by atoms with van der Waals surface area (Å²) in [5.74, 6) is 0. The third-order valence-electron chi connectivity index (χ3n) is 3.77. The zero-order valence-electron chi connectivity index (χ0n) is 12.7. The predicted molar refractivity (Wildman–Crippen MR) is 88.4 cm³/mol. The van der Waals surface area contributed by atoms with Crippen LogP contribution < -0.4 is 4.90 Å². The lowest BCUT2D eigenvalue weighted by Crippen LogP contribution is -2.47. The SMILES string of the molecule is O=[N+]([O-])c1cccc(N2CCCOC2S(=O)(=O)c2ccccc2)c1. The van der Waals surface area contributed by atoms with Crippen LogP contribution in [0.25, 0.3) is 0 Å². The molecule has 0 saturated carbocycles. The molecule has 0 spiro atoms. The first-order chi connectivity index (χ1) is 11.5. The largest absolute Gasteiger partial charge is 0.345 e. The molecule has 1 unspecified atom stereocenters. The minimum absolute atomic E-state index is 0.0890. The van der Waals surface area contributed by atoms with Gasteiger partial charge < -0.3 is 9.64 Å². The van der Waals surface area contributed by atoms with Crippen LogP contribution in [0, 0.1) is 10.1 Å². The van der Waals surface area contributed by atoms with E-state index < -0.39 is 20.3 Å². The van der Waals surface area contributed by atoms with Crippen LogP contribution in [0.15, 0.2) is 59.5 Å². The standard InChI is InChI=1S/C16H16N2O5S/c19-18(20)14-7-4-6-13(12-14)17-10-5-11-23-16(17)24(21,22)15-8-2-1-3-9-15/h1-4,6-9,12,16H,5,10-11H2. The molecular formula is C16H16N2O5S. The fraction of sp³-hybridized carbons (Fsp3) is 0.250. The monoisotopic (exact) mass is 348 g/mol. The number of anilines is 1. The maximum Gasteiger partial charge on any atom is 0.271 e. The Morgan fingerprint density at radius 2 is 1.88 bits per heavy atom. The van der Waals surface area contributed by atoms with Crippen molar-refractivity contribution in [2.45, 2.75) is 16.9 Å². The quantitative estimate of drug-likeness (QED) is 0.623. The van der Waals surface area contributed by atoms with Crippen LogP contribution in [0.2, 0.25) is 0 Å². The number of benzene rings is 2. The van der Waals surface area contributed by atoms with Crippen molar-refractivity contribution in [2.75, 3.05) is 18.1 Å². The van der Waals surface area contributed by atoms with Crippen molar-refractivity contribution in [1.29, 1.82) is 0 Å². The molecule has 0 amide bonds. The first-order valence-corrected chi connectivity index (χ1v) is 8.96. The first kappa shape index (κ1) is 16.4. The zero-order valence-corrected chi connectivity index (χ0v) is 13.6. The number of rotatable bonds is 4. The summed E-state index contributed by atoms with van der Waals surface area (Å²) >= 11 is 0. The van der Waals surface area contributed by atoms with Gasteiger partial charge in [-0.1, -0.05) is 24.3 Å². The molecule has 0 aliphatic carbocycles. The second kappa shape index (κ2) is 6.58. The highest BCUT2D eigenvalue weighted by Crippen LogP contribution is 2.30. The van der Waals surface area contributed by atoms with Crippen LogP contribution in [0.1, 0.15) is 6.42 Å². The molecule has 0 radical (unpaired) electrons. The van der Waals surface area contributed by atoms with E-state index in [1.807, 2.05) is 0 Å². The van der Waals surface area contributed by atoms with Crippen LogP contribution in [-0.4, -0.2) is 32.1 Å². The smallest absolute Gasteiger partial charge is 0.271 e. The van der Waals surface area contributed by atoms with Gasteiger partial charge in [-0.2, -0.15) is 0 Å². The summed E-state index contributed by atoms with van der Waals surface area (Å²) in [6.45, 7) is 0.764. The Balaban J connectivity index is 2.00. The van der Waals surface area contributed by atoms with E-state index in [4.69, 9.17) is 4.74 Å². The Morgan fingerprint density at radius 3 is 2.58 bits per heavy atom. The molecule has 0 aromatic heterocycles. The van der Waals surface area contributed by atoms with Gasteiger partial charge in [0.2, 0.25) is 15.4 Å². The van der Waals surface area contributed by atoms with Crippen molar-refractivity contribution in [3.8, 4) is 0 Å². The molecule has 1 aliphatic rings. The molecule has 24 heavy (non-hydrogen) atoms. The lowest BCUT2D eigenvalue weighted by molar-refractivity contribution is -0.384. The third-order valence-corrected chi connectivity index (χ3v) is 5.62. The van der Waals surface area contributed by atoms with Gasteiger partial charge >= 0.3 is 0 Å². The van der Waals surface area contributed by atoms with Crippen LogP contribution in [0.3, 0.4) is 0 Å². The van der Waals surface area contributed by atoms with Crippen LogP contribution in [0.4, 0.5) is 11.4 Å². The summed E-state index contributed by atoms with van der Waals surface area (Å²) in [5, 5.41) is 11.0. The molecule has 1 aliphatic heterocycles. The molecule has 126 valence electrons. The molecule has 2 aromatic carbocycles. The predicted octanol–water partition coefficient (Wildman–Crippen LogP) is 2.58. The number of non-ortho nitro benzene ring substituents is 1. The average molecular weight is 348 g/mol. The number of nitro benzene ring substituents is 1. The Hall–Kier alpha value is -2.45. The Bertz CT molecular complexity index is 839. The minimum Gasteiger partial charge on any atom is -0.345 e. The maximum absolute atomic E-state index is 12.9. The fourth-order valence-corrected chi connectivity index (χ4v) is 4.24. The third kappa shape index (κ3) is 3.10. The molecular weight excluding hydrogens is 332 g/mol. The lowest BCUT2D eigenvalue weighted by atomic mass is 10.2. The fourth-order valence-electron chi connectivity index (χ4n) is 2.63. The molecule has 1 fully saturated rings. The lowest BCUT2D eigenvalue weighted by Gasteiger charge is -2.36. The van der Waals surface area contributed by atoms with E-state index in [1.54, 1.807) is 29.2 Å². The Morgan fingerprint density at radius 1 is 1.12 bits per heavy atom. The van der Waals surface area contributed by atoms with Gasteiger partial charge in [-0.05, 0) is 24.6 Å². The number of hydrogen-bond donors (Lipinski definition) is 0. The highest BCUT2D eigenvalue weighted by atomic mass is 32.2. The molecule has 8 heteroatoms. The van der Waals surface area contributed by atoms with Gasteiger partial charge in [0.05, 0.1) is 16.4 Å². The van der Waals surface area contributed by atoms with Gasteiger partial charge in [-0.3, -0.25) is 10.1 Å². The maximum atomic E-state index is 12.9. The zero-order chi connectivity index (χ0) is 17.2. The molecule has 0 N–H and O–H groups in total. The van der Waals surface area contributed by atoms with E-state index in [9.17, 15) is 18.5 Å². The summed E-state index contributed by atoms with van der Waals surface area (Å²) in [6, 6.07) is 14.0. The van der Waals surface area contributed by atoms with Crippen molar-refractivity contribution >= 4 is 21.2 Å². The average Bonchev–Trinajstić information content (AvgIpc) is 2.62. The van der Waals surface area contributed by atoms with Gasteiger partial charge in [0.25, 0.3) is 5.69 Å². The van der Waals surface area contributed by atoms with Gasteiger partial charge in [-0.15, -0.1) is 0 Å². The van der Waals surface area contributed by atoms with E-state index in [2.05, 4.69) is 0 Å². The van der Waals surface area contributed by atoms with E-state index in [0.29, 0.717) is 25.3 Å². The van der Waals surface area contributed by atoms with E-state index in [-0.39, 0.29) is 10.6 Å². The summed E-state index contributed by atoms with van der Waals surface area (Å²) in [5.41, 5.74) is -0.835. The van der Waals surface area contributed by atoms with Crippen molar-refractivity contribution in [3.63, 3.8) is 0 Å². The topological polar surface area (TPSA) is 89.8 Å². The van der Waals surface area contributed by atoms with Crippen molar-refractivity contribution in [1.82, 2.24) is 0 Å². The highest BCUT2D eigenvalue weighted by molar-refractivity contribution is 7.92. The van der Waals surface area contributed by atoms with E-state index in [1.165, 1.54) is 30.3 Å². The number of sulfone groups is 1. The number of ether oxygens (including phenoxy) is 1. The molecule has 3 rings (SSSR count). The molecule has 1 saturated heterocycles. The molecule has 0 bridgehead atoms. The van der Waals surface area contributed by atoms with E-state index >= 15 is 0 Å². The Kier molecular flexibility index (Phi) is 4.50. The number of hydrogen-bond acceptors (Lipinski definition) is 6. The summed E-state index contributed by atoms with van der Waals surface area (Å²) in [6.07, 6.45) is 0.642. The molecule has 1 heterocycles. The Labute approximate surface area is 139 Å². The summed E-state index contributed by atoms with van der Waals surface area (Å²) in [4.78, 5) is 12.2. The second-order valence-corrected chi connectivity index (χ2v) is 7.32. The van der Waals surface area contributed by atoms with Gasteiger partial charge in [0, 0.05) is 24.4 Å². The second-order valence-electron chi connectivity index (χ2n) is 5.36. The van der Waals surface area contributed by atoms with Crippen LogP contribution in [0.5, 0.6) is 0 Å². The van der Waals surface area contributed by atoms with Crippen LogP contribution in [-0.2, 0) is 14.6 Å². The summed E-state index contributed by atoms with van der Waals surface area (Å²) < 4.78 is 31.3. The van der Waals surface area contributed by atoms with Crippen LogP contribution >= 0.6 is 0 Å². The molecule has 2 aromatic rings. The summed E-state index contributed by atoms with van der Waals surface area (Å²) in [7, 11) is -3.76. The molecule has 1 atom stereocenters. The molecule has 7 nitrogen and oxygen atoms in total. The minimum atomic E-state index is -3.76. The number of nitrogens with zero attached hydrogens (tertiary/aromatic N) is 2. The first-order valence-electron chi connectivity index (χ1n) is 7.42. The van der Waals surface area contributed by atoms with Crippen molar-refractivity contribution < 1.29 is 18.1 Å². The van der Waals surface area contributed by atoms with Crippen molar-refractivity contribution in [3.05, 3.63) is 64.7 Å².